The average molecular weight is 370 g/mol. The maximum atomic E-state index is 12.4. The van der Waals surface area contributed by atoms with Gasteiger partial charge in [0.05, 0.1) is 23.5 Å². The van der Waals surface area contributed by atoms with Crippen molar-refractivity contribution in [3.05, 3.63) is 47.7 Å². The standard InChI is InChI=1S/C17H14N4O4S/c22-14-9-21(13-4-2-1-3-12(13)19-14)15(23)10-25-16(24)7-11-8-20-5-6-26-17(20)18-11/h1-6,8H,7,9-10H2,(H,19,22). The third-order valence-electron chi connectivity index (χ3n) is 3.90. The van der Waals surface area contributed by atoms with Gasteiger partial charge < -0.3 is 10.1 Å². The van der Waals surface area contributed by atoms with Crippen molar-refractivity contribution in [1.29, 1.82) is 0 Å². The summed E-state index contributed by atoms with van der Waals surface area (Å²) in [5.74, 6) is -1.29. The lowest BCUT2D eigenvalue weighted by Crippen LogP contribution is -2.44. The minimum atomic E-state index is -0.543. The zero-order valence-corrected chi connectivity index (χ0v) is 14.4. The quantitative estimate of drug-likeness (QED) is 0.702. The second kappa shape index (κ2) is 6.60. The lowest BCUT2D eigenvalue weighted by Gasteiger charge is -2.28. The van der Waals surface area contributed by atoms with Crippen molar-refractivity contribution in [2.75, 3.05) is 23.4 Å². The molecule has 0 saturated heterocycles. The monoisotopic (exact) mass is 370 g/mol. The fourth-order valence-corrected chi connectivity index (χ4v) is 3.46. The normalized spacial score (nSPS) is 13.4. The Morgan fingerprint density at radius 3 is 3.00 bits per heavy atom. The molecular formula is C17H14N4O4S. The summed E-state index contributed by atoms with van der Waals surface area (Å²) < 4.78 is 6.90. The van der Waals surface area contributed by atoms with Crippen LogP contribution in [-0.2, 0) is 25.5 Å². The number of fused-ring (bicyclic) bond motifs is 2. The van der Waals surface area contributed by atoms with Crippen LogP contribution in [0.25, 0.3) is 4.96 Å². The number of nitrogens with one attached hydrogen (secondary N) is 1. The first-order valence-corrected chi connectivity index (χ1v) is 8.74. The van der Waals surface area contributed by atoms with Crippen molar-refractivity contribution >= 4 is 45.5 Å². The number of anilines is 2. The number of thiazole rings is 1. The van der Waals surface area contributed by atoms with Crippen LogP contribution in [0.2, 0.25) is 0 Å². The summed E-state index contributed by atoms with van der Waals surface area (Å²) >= 11 is 1.47. The number of para-hydroxylation sites is 2. The summed E-state index contributed by atoms with van der Waals surface area (Å²) in [7, 11) is 0. The van der Waals surface area contributed by atoms with Gasteiger partial charge in [-0.05, 0) is 12.1 Å². The first-order chi connectivity index (χ1) is 12.6. The van der Waals surface area contributed by atoms with Crippen molar-refractivity contribution in [3.8, 4) is 0 Å². The molecule has 2 aromatic heterocycles. The Hall–Kier alpha value is -3.20. The molecule has 1 aliphatic heterocycles. The number of hydrogen-bond acceptors (Lipinski definition) is 6. The van der Waals surface area contributed by atoms with Crippen LogP contribution in [0.4, 0.5) is 11.4 Å². The number of rotatable bonds is 4. The number of benzene rings is 1. The summed E-state index contributed by atoms with van der Waals surface area (Å²) in [6, 6.07) is 6.98. The van der Waals surface area contributed by atoms with Crippen molar-refractivity contribution in [2.24, 2.45) is 0 Å². The van der Waals surface area contributed by atoms with Gasteiger partial charge in [-0.3, -0.25) is 23.7 Å². The van der Waals surface area contributed by atoms with Crippen molar-refractivity contribution in [2.45, 2.75) is 6.42 Å². The van der Waals surface area contributed by atoms with Crippen LogP contribution in [0.1, 0.15) is 5.69 Å². The number of hydrogen-bond donors (Lipinski definition) is 1. The van der Waals surface area contributed by atoms with E-state index in [1.807, 2.05) is 16.0 Å². The predicted molar refractivity (Wildman–Crippen MR) is 95.2 cm³/mol. The molecule has 0 atom stereocenters. The highest BCUT2D eigenvalue weighted by Gasteiger charge is 2.27. The van der Waals surface area contributed by atoms with Crippen molar-refractivity contribution in [3.63, 3.8) is 0 Å². The second-order valence-electron chi connectivity index (χ2n) is 5.71. The molecular weight excluding hydrogens is 356 g/mol. The Labute approximate surface area is 152 Å². The summed E-state index contributed by atoms with van der Waals surface area (Å²) in [5.41, 5.74) is 1.72. The molecule has 0 saturated carbocycles. The molecule has 0 unspecified atom stereocenters. The molecule has 8 nitrogen and oxygen atoms in total. The molecule has 9 heteroatoms. The first kappa shape index (κ1) is 16.3. The molecule has 26 heavy (non-hydrogen) atoms. The molecule has 2 amide bonds. The van der Waals surface area contributed by atoms with Gasteiger partial charge in [-0.1, -0.05) is 12.1 Å². The zero-order valence-electron chi connectivity index (χ0n) is 13.5. The molecule has 1 aliphatic rings. The zero-order chi connectivity index (χ0) is 18.1. The van der Waals surface area contributed by atoms with E-state index in [0.29, 0.717) is 17.1 Å². The number of carbonyl (C=O) groups excluding carboxylic acids is 3. The number of carbonyl (C=O) groups is 3. The minimum absolute atomic E-state index is 0.0151. The van der Waals surface area contributed by atoms with E-state index >= 15 is 0 Å². The molecule has 0 bridgehead atoms. The number of ether oxygens (including phenoxy) is 1. The molecule has 0 radical (unpaired) electrons. The van der Waals surface area contributed by atoms with Crippen LogP contribution >= 0.6 is 11.3 Å². The van der Waals surface area contributed by atoms with E-state index in [0.717, 1.165) is 4.96 Å². The summed E-state index contributed by atoms with van der Waals surface area (Å²) in [6.45, 7) is -0.534. The van der Waals surface area contributed by atoms with E-state index in [2.05, 4.69) is 10.3 Å². The predicted octanol–water partition coefficient (Wildman–Crippen LogP) is 1.47. The maximum Gasteiger partial charge on any atom is 0.312 e. The summed E-state index contributed by atoms with van der Waals surface area (Å²) in [6.07, 6.45) is 3.59. The Kier molecular flexibility index (Phi) is 4.13. The Balaban J connectivity index is 1.38. The highest BCUT2D eigenvalue weighted by molar-refractivity contribution is 7.15. The van der Waals surface area contributed by atoms with Crippen LogP contribution in [-0.4, -0.2) is 40.3 Å². The molecule has 3 aromatic rings. The Morgan fingerprint density at radius 1 is 1.31 bits per heavy atom. The molecule has 4 rings (SSSR count). The molecule has 0 aliphatic carbocycles. The van der Waals surface area contributed by atoms with Gasteiger partial charge in [-0.15, -0.1) is 11.3 Å². The van der Waals surface area contributed by atoms with Gasteiger partial charge in [0, 0.05) is 17.8 Å². The average Bonchev–Trinajstić information content (AvgIpc) is 3.20. The lowest BCUT2D eigenvalue weighted by atomic mass is 10.2. The van der Waals surface area contributed by atoms with E-state index < -0.39 is 18.5 Å². The minimum Gasteiger partial charge on any atom is -0.455 e. The SMILES string of the molecule is O=C1CN(C(=O)COC(=O)Cc2cn3ccsc3n2)c2ccccc2N1. The van der Waals surface area contributed by atoms with Crippen LogP contribution in [0, 0.1) is 0 Å². The van der Waals surface area contributed by atoms with E-state index in [9.17, 15) is 14.4 Å². The smallest absolute Gasteiger partial charge is 0.312 e. The maximum absolute atomic E-state index is 12.4. The number of nitrogens with zero attached hydrogens (tertiary/aromatic N) is 3. The molecule has 1 N–H and O–H groups in total. The summed E-state index contributed by atoms with van der Waals surface area (Å²) in [5, 5.41) is 4.60. The second-order valence-corrected chi connectivity index (χ2v) is 6.58. The summed E-state index contributed by atoms with van der Waals surface area (Å²) in [4.78, 5) is 42.6. The number of amides is 2. The van der Waals surface area contributed by atoms with Gasteiger partial charge in [0.25, 0.3) is 5.91 Å². The third kappa shape index (κ3) is 3.16. The van der Waals surface area contributed by atoms with Gasteiger partial charge in [0.2, 0.25) is 5.91 Å². The fraction of sp³-hybridized carbons (Fsp3) is 0.176. The highest BCUT2D eigenvalue weighted by Crippen LogP contribution is 2.28. The Bertz CT molecular complexity index is 981. The van der Waals surface area contributed by atoms with Crippen molar-refractivity contribution in [1.82, 2.24) is 9.38 Å². The molecule has 1 aromatic carbocycles. The van der Waals surface area contributed by atoms with Gasteiger partial charge in [-0.25, -0.2) is 4.98 Å². The van der Waals surface area contributed by atoms with Crippen LogP contribution in [0.5, 0.6) is 0 Å². The Morgan fingerprint density at radius 2 is 2.15 bits per heavy atom. The van der Waals surface area contributed by atoms with E-state index in [-0.39, 0.29) is 18.9 Å². The van der Waals surface area contributed by atoms with Gasteiger partial charge in [0.15, 0.2) is 11.6 Å². The van der Waals surface area contributed by atoms with Crippen LogP contribution in [0.15, 0.2) is 42.0 Å². The lowest BCUT2D eigenvalue weighted by molar-refractivity contribution is -0.147. The third-order valence-corrected chi connectivity index (χ3v) is 4.67. The molecule has 0 spiro atoms. The van der Waals surface area contributed by atoms with Gasteiger partial charge >= 0.3 is 5.97 Å². The van der Waals surface area contributed by atoms with E-state index in [4.69, 9.17) is 4.74 Å². The first-order valence-electron chi connectivity index (χ1n) is 7.86. The molecule has 132 valence electrons. The number of esters is 1. The fourth-order valence-electron chi connectivity index (χ4n) is 2.74. The highest BCUT2D eigenvalue weighted by atomic mass is 32.1. The number of aromatic nitrogens is 2. The number of imidazole rings is 1. The van der Waals surface area contributed by atoms with E-state index in [1.165, 1.54) is 16.2 Å². The van der Waals surface area contributed by atoms with Gasteiger partial charge in [-0.2, -0.15) is 0 Å². The van der Waals surface area contributed by atoms with Crippen molar-refractivity contribution < 1.29 is 19.1 Å². The topological polar surface area (TPSA) is 93.0 Å². The van der Waals surface area contributed by atoms with Gasteiger partial charge in [0.1, 0.15) is 6.54 Å². The van der Waals surface area contributed by atoms with Crippen LogP contribution in [0.3, 0.4) is 0 Å². The molecule has 0 fully saturated rings. The van der Waals surface area contributed by atoms with Crippen LogP contribution < -0.4 is 10.2 Å². The molecule has 3 heterocycles. The van der Waals surface area contributed by atoms with E-state index in [1.54, 1.807) is 30.5 Å². The largest absolute Gasteiger partial charge is 0.455 e.